The average Bonchev–Trinajstić information content (AvgIpc) is 2.83. The summed E-state index contributed by atoms with van der Waals surface area (Å²) in [5.74, 6) is 1.42. The van der Waals surface area contributed by atoms with E-state index >= 15 is 0 Å². The summed E-state index contributed by atoms with van der Waals surface area (Å²) in [4.78, 5) is 16.3. The van der Waals surface area contributed by atoms with Crippen molar-refractivity contribution in [1.82, 2.24) is 4.90 Å². The normalized spacial score (nSPS) is 15.7. The topological polar surface area (TPSA) is 50.8 Å². The number of hydrogen-bond donors (Lipinski definition) is 1. The van der Waals surface area contributed by atoms with E-state index in [0.29, 0.717) is 12.3 Å². The van der Waals surface area contributed by atoms with E-state index in [9.17, 15) is 4.79 Å². The maximum absolute atomic E-state index is 13.1. The first-order valence-electron chi connectivity index (χ1n) is 10.6. The van der Waals surface area contributed by atoms with Gasteiger partial charge in [-0.25, -0.2) is 0 Å². The van der Waals surface area contributed by atoms with Gasteiger partial charge in [0.2, 0.25) is 5.91 Å². The lowest BCUT2D eigenvalue weighted by molar-refractivity contribution is -0.117. The molecule has 1 unspecified atom stereocenters. The van der Waals surface area contributed by atoms with Crippen molar-refractivity contribution in [3.8, 4) is 11.5 Å². The molecular formula is C26H28N2O3S. The molecule has 1 N–H and O–H groups in total. The molecule has 0 saturated heterocycles. The third-order valence-electron chi connectivity index (χ3n) is 5.82. The van der Waals surface area contributed by atoms with E-state index in [1.807, 2.05) is 48.7 Å². The Hall–Kier alpha value is -2.96. The lowest BCUT2D eigenvalue weighted by atomic mass is 9.87. The molecule has 3 aromatic rings. The molecule has 166 valence electrons. The van der Waals surface area contributed by atoms with Crippen LogP contribution >= 0.6 is 11.8 Å². The highest BCUT2D eigenvalue weighted by Crippen LogP contribution is 2.41. The van der Waals surface area contributed by atoms with Crippen LogP contribution in [0.5, 0.6) is 11.5 Å². The van der Waals surface area contributed by atoms with E-state index in [4.69, 9.17) is 9.47 Å². The summed E-state index contributed by atoms with van der Waals surface area (Å²) in [5, 5.41) is 3.10. The Kier molecular flexibility index (Phi) is 7.02. The molecule has 6 heteroatoms. The Bertz CT molecular complexity index is 1090. The Morgan fingerprint density at radius 2 is 1.72 bits per heavy atom. The molecule has 0 saturated carbocycles. The second-order valence-electron chi connectivity index (χ2n) is 7.69. The molecule has 1 aliphatic rings. The van der Waals surface area contributed by atoms with Gasteiger partial charge in [-0.05, 0) is 53.6 Å². The maximum Gasteiger partial charge on any atom is 0.238 e. The molecule has 0 aliphatic carbocycles. The molecular weight excluding hydrogens is 420 g/mol. The van der Waals surface area contributed by atoms with Crippen molar-refractivity contribution in [2.45, 2.75) is 17.4 Å². The summed E-state index contributed by atoms with van der Waals surface area (Å²) in [6, 6.07) is 22.3. The summed E-state index contributed by atoms with van der Waals surface area (Å²) in [6.07, 6.45) is 2.85. The number of fused-ring (bicyclic) bond motifs is 1. The number of carbonyl (C=O) groups is 1. The van der Waals surface area contributed by atoms with Gasteiger partial charge in [-0.15, -0.1) is 11.8 Å². The number of carbonyl (C=O) groups excluding carboxylic acids is 1. The number of hydrogen-bond acceptors (Lipinski definition) is 5. The Morgan fingerprint density at radius 3 is 2.44 bits per heavy atom. The van der Waals surface area contributed by atoms with Crippen LogP contribution in [0.1, 0.15) is 22.7 Å². The van der Waals surface area contributed by atoms with Gasteiger partial charge in [-0.2, -0.15) is 0 Å². The summed E-state index contributed by atoms with van der Waals surface area (Å²) >= 11 is 1.63. The third-order valence-corrected chi connectivity index (χ3v) is 6.61. The highest BCUT2D eigenvalue weighted by atomic mass is 32.2. The van der Waals surface area contributed by atoms with Crippen LogP contribution < -0.4 is 14.8 Å². The van der Waals surface area contributed by atoms with Crippen LogP contribution in [0.4, 0.5) is 5.69 Å². The van der Waals surface area contributed by atoms with Gasteiger partial charge >= 0.3 is 0 Å². The summed E-state index contributed by atoms with van der Waals surface area (Å²) in [6.45, 7) is 1.08. The van der Waals surface area contributed by atoms with Gasteiger partial charge in [0.05, 0.1) is 32.5 Å². The lowest BCUT2D eigenvalue weighted by Crippen LogP contribution is -2.41. The van der Waals surface area contributed by atoms with Crippen LogP contribution in [0.3, 0.4) is 0 Å². The van der Waals surface area contributed by atoms with Crippen LogP contribution in [0.15, 0.2) is 71.6 Å². The van der Waals surface area contributed by atoms with Gasteiger partial charge in [0.15, 0.2) is 11.5 Å². The fourth-order valence-corrected chi connectivity index (χ4v) is 4.87. The Balaban J connectivity index is 1.65. The highest BCUT2D eigenvalue weighted by molar-refractivity contribution is 7.98. The van der Waals surface area contributed by atoms with E-state index in [-0.39, 0.29) is 11.9 Å². The molecule has 0 aromatic heterocycles. The predicted octanol–water partition coefficient (Wildman–Crippen LogP) is 5.01. The van der Waals surface area contributed by atoms with Crippen molar-refractivity contribution in [1.29, 1.82) is 0 Å². The van der Waals surface area contributed by atoms with Crippen molar-refractivity contribution in [2.75, 3.05) is 38.9 Å². The number of thioether (sulfide) groups is 1. The van der Waals surface area contributed by atoms with Gasteiger partial charge in [-0.1, -0.05) is 42.5 Å². The molecule has 0 spiro atoms. The zero-order valence-electron chi connectivity index (χ0n) is 18.6. The summed E-state index contributed by atoms with van der Waals surface area (Å²) < 4.78 is 11.1. The van der Waals surface area contributed by atoms with Crippen molar-refractivity contribution in [2.24, 2.45) is 0 Å². The van der Waals surface area contributed by atoms with Gasteiger partial charge < -0.3 is 14.8 Å². The molecule has 0 bridgehead atoms. The number of anilines is 1. The Morgan fingerprint density at radius 1 is 1.03 bits per heavy atom. The molecule has 0 radical (unpaired) electrons. The van der Waals surface area contributed by atoms with E-state index in [0.717, 1.165) is 40.4 Å². The van der Waals surface area contributed by atoms with E-state index < -0.39 is 0 Å². The number of rotatable bonds is 7. The van der Waals surface area contributed by atoms with E-state index in [1.165, 1.54) is 5.56 Å². The smallest absolute Gasteiger partial charge is 0.238 e. The van der Waals surface area contributed by atoms with E-state index in [1.54, 1.807) is 26.0 Å². The first kappa shape index (κ1) is 22.2. The first-order valence-corrected chi connectivity index (χ1v) is 11.8. The maximum atomic E-state index is 13.1. The largest absolute Gasteiger partial charge is 0.493 e. The van der Waals surface area contributed by atoms with E-state index in [2.05, 4.69) is 34.5 Å². The molecule has 4 rings (SSSR count). The minimum Gasteiger partial charge on any atom is -0.493 e. The van der Waals surface area contributed by atoms with Crippen LogP contribution in [0.25, 0.3) is 0 Å². The number of nitrogens with zero attached hydrogens (tertiary/aromatic N) is 1. The van der Waals surface area contributed by atoms with Gasteiger partial charge in [-0.3, -0.25) is 9.69 Å². The molecule has 3 aromatic carbocycles. The third kappa shape index (κ3) is 4.61. The monoisotopic (exact) mass is 448 g/mol. The van der Waals surface area contributed by atoms with Crippen molar-refractivity contribution in [3.63, 3.8) is 0 Å². The number of para-hydroxylation sites is 1. The van der Waals surface area contributed by atoms with Crippen LogP contribution in [0.2, 0.25) is 0 Å². The lowest BCUT2D eigenvalue weighted by Gasteiger charge is -2.37. The quantitative estimate of drug-likeness (QED) is 0.515. The van der Waals surface area contributed by atoms with Crippen LogP contribution in [-0.4, -0.2) is 44.4 Å². The van der Waals surface area contributed by atoms with Gasteiger partial charge in [0.25, 0.3) is 0 Å². The number of nitrogens with one attached hydrogen (secondary N) is 1. The molecule has 0 fully saturated rings. The first-order chi connectivity index (χ1) is 15.6. The molecule has 1 atom stereocenters. The van der Waals surface area contributed by atoms with Gasteiger partial charge in [0, 0.05) is 11.4 Å². The fourth-order valence-electron chi connectivity index (χ4n) is 4.32. The zero-order chi connectivity index (χ0) is 22.5. The van der Waals surface area contributed by atoms with Gasteiger partial charge in [0.1, 0.15) is 0 Å². The van der Waals surface area contributed by atoms with Crippen molar-refractivity contribution >= 4 is 23.4 Å². The highest BCUT2D eigenvalue weighted by Gasteiger charge is 2.31. The minimum absolute atomic E-state index is 0.0173. The summed E-state index contributed by atoms with van der Waals surface area (Å²) in [7, 11) is 3.31. The Labute approximate surface area is 193 Å². The second kappa shape index (κ2) is 10.1. The summed E-state index contributed by atoms with van der Waals surface area (Å²) in [5.41, 5.74) is 4.38. The van der Waals surface area contributed by atoms with Crippen molar-refractivity contribution in [3.05, 3.63) is 83.4 Å². The molecule has 32 heavy (non-hydrogen) atoms. The zero-order valence-corrected chi connectivity index (χ0v) is 19.4. The number of methoxy groups -OCH3 is 2. The fraction of sp³-hybridized carbons (Fsp3) is 0.269. The predicted molar refractivity (Wildman–Crippen MR) is 130 cm³/mol. The molecule has 1 aliphatic heterocycles. The van der Waals surface area contributed by atoms with Crippen LogP contribution in [0, 0.1) is 0 Å². The molecule has 1 heterocycles. The van der Waals surface area contributed by atoms with Crippen LogP contribution in [-0.2, 0) is 11.2 Å². The second-order valence-corrected chi connectivity index (χ2v) is 8.54. The molecule has 1 amide bonds. The SMILES string of the molecule is COc1cc2c(cc1OC)C(c1ccccc1)N(CC(=O)Nc1ccccc1SC)CC2. The number of amides is 1. The number of benzene rings is 3. The standard InChI is InChI=1S/C26H28N2O3S/c1-30-22-15-19-13-14-28(17-25(29)27-21-11-7-8-12-24(21)32-3)26(18-9-5-4-6-10-18)20(19)16-23(22)31-2/h4-12,15-16,26H,13-14,17H2,1-3H3,(H,27,29). The average molecular weight is 449 g/mol. The number of ether oxygens (including phenoxy) is 2. The molecule has 5 nitrogen and oxygen atoms in total. The minimum atomic E-state index is -0.0405. The van der Waals surface area contributed by atoms with Crippen molar-refractivity contribution < 1.29 is 14.3 Å².